The highest BCUT2D eigenvalue weighted by molar-refractivity contribution is 5.95. The molecule has 4 aromatic rings. The van der Waals surface area contributed by atoms with E-state index in [1.54, 1.807) is 30.3 Å². The van der Waals surface area contributed by atoms with Gasteiger partial charge in [-0.2, -0.15) is 31.6 Å². The van der Waals surface area contributed by atoms with Crippen molar-refractivity contribution in [3.63, 3.8) is 0 Å². The van der Waals surface area contributed by atoms with Gasteiger partial charge < -0.3 is 40.8 Å². The van der Waals surface area contributed by atoms with Crippen molar-refractivity contribution in [1.29, 1.82) is 5.26 Å². The number of rotatable bonds is 15. The van der Waals surface area contributed by atoms with E-state index in [1.165, 1.54) is 39.5 Å². The van der Waals surface area contributed by atoms with Crippen LogP contribution in [0.4, 0.5) is 26.3 Å². The predicted octanol–water partition coefficient (Wildman–Crippen LogP) is 5.83. The molecule has 24 heteroatoms. The van der Waals surface area contributed by atoms with Gasteiger partial charge in [0.15, 0.2) is 6.04 Å². The van der Waals surface area contributed by atoms with Crippen LogP contribution in [-0.2, 0) is 36.8 Å². The van der Waals surface area contributed by atoms with Gasteiger partial charge in [-0.15, -0.1) is 0 Å². The first kappa shape index (κ1) is 61.8. The maximum Gasteiger partial charge on any atom is 0.471 e. The van der Waals surface area contributed by atoms with Gasteiger partial charge in [0.2, 0.25) is 17.7 Å². The number of likely N-dealkylation sites (tertiary alicyclic amines) is 2. The van der Waals surface area contributed by atoms with E-state index in [-0.39, 0.29) is 48.9 Å². The maximum absolute atomic E-state index is 15.0. The number of nitrogens with one attached hydrogen (secondary N) is 6. The molecule has 11 atom stereocenters. The number of aromatic nitrogens is 2. The Balaban J connectivity index is 1.10. The highest BCUT2D eigenvalue weighted by Crippen LogP contribution is 2.66. The Hall–Kier alpha value is -7.31. The third kappa shape index (κ3) is 12.4. The zero-order valence-electron chi connectivity index (χ0n) is 48.3. The van der Waals surface area contributed by atoms with Crippen LogP contribution in [0.5, 0.6) is 0 Å². The number of aliphatic hydroxyl groups is 1. The Bertz CT molecular complexity index is 3530. The van der Waals surface area contributed by atoms with E-state index in [1.807, 2.05) is 71.2 Å². The second-order valence-corrected chi connectivity index (χ2v) is 26.1. The second-order valence-electron chi connectivity index (χ2n) is 26.1. The van der Waals surface area contributed by atoms with Crippen molar-refractivity contribution < 1.29 is 55.4 Å². The fourth-order valence-corrected chi connectivity index (χ4v) is 12.7. The minimum absolute atomic E-state index is 0.0447. The number of aliphatic hydroxyl groups excluding tert-OH is 1. The fourth-order valence-electron chi connectivity index (χ4n) is 12.7. The standard InChI is InChI=1S/C59H70F6N10O8/c1-27-13-14-30-18-32(46(76)70-38(30)15-27)20-34(22-66)68-48(78)42-40-37(57(40,11)12)25-75(42)51(81)45(73-53(83)59(63,64)65)55(7,8)26-67-23-35(21-33-19-31-16-28(2)29(3)17-39(31)71-47(33)77)69-49(79)43-41-36(56(41,9)10)24-74(43)50(80)44(54(4,5)6)72-52(82)58(60,61)62/h13-19,34-37,40-45,48,68,78H,20-21,24-26H2,1-12H3,(H4-,69,70,71,72,73,76,77,79,82,83)/p+1/t34-,35-,36-,37-,40-,41-,42-,43-,44+,45+,48?/m0/s1. The SMILES string of the molecule is Cc1ccc2cc(C[C@@H](C#N)NC(O)[C@@H]3[C@@H]4[C@H](CN3C(=O)[C@@H](NC(=O)C(F)(F)F)C(C)(C)C[N+]#C[C@H](Cc3cc5cc(C)c(C)cc5[nH]c3=O)NC(=O)[C@@H]3[C@@H]5[C@H](CN3C(=O)[C@@H](NC(=O)C(F)(F)F)C(C)(C)C)C5(C)C)C4(C)C)c(=O)[nH]c2c1. The molecule has 2 saturated heterocycles. The number of benzene rings is 2. The fraction of sp³-hybridized carbons (Fsp3) is 0.576. The molecular formula is C59H71F6N10O8+. The smallest absolute Gasteiger partial charge is 0.376 e. The van der Waals surface area contributed by atoms with E-state index >= 15 is 4.79 Å². The molecule has 1 unspecified atom stereocenters. The van der Waals surface area contributed by atoms with Crippen molar-refractivity contribution in [1.82, 2.24) is 41.0 Å². The monoisotopic (exact) mass is 1160 g/mol. The lowest BCUT2D eigenvalue weighted by atomic mass is 9.82. The van der Waals surface area contributed by atoms with Gasteiger partial charge in [0, 0.05) is 48.1 Å². The molecule has 5 amide bonds. The third-order valence-electron chi connectivity index (χ3n) is 17.9. The van der Waals surface area contributed by atoms with Crippen molar-refractivity contribution in [2.75, 3.05) is 19.6 Å². The summed E-state index contributed by atoms with van der Waals surface area (Å²) in [5, 5.41) is 32.9. The van der Waals surface area contributed by atoms with Crippen LogP contribution in [0.2, 0.25) is 0 Å². The number of amides is 5. The van der Waals surface area contributed by atoms with Crippen molar-refractivity contribution in [3.8, 4) is 12.1 Å². The van der Waals surface area contributed by atoms with E-state index in [9.17, 15) is 65.5 Å². The average Bonchev–Trinajstić information content (AvgIpc) is 2.34. The molecule has 18 nitrogen and oxygen atoms in total. The molecule has 2 aliphatic carbocycles. The maximum atomic E-state index is 15.0. The number of carbonyl (C=O) groups is 5. The van der Waals surface area contributed by atoms with Crippen molar-refractivity contribution in [2.45, 2.75) is 151 Å². The molecule has 0 bridgehead atoms. The molecule has 2 aromatic carbocycles. The molecule has 2 aliphatic heterocycles. The van der Waals surface area contributed by atoms with Gasteiger partial charge in [0.25, 0.3) is 23.7 Å². The average molecular weight is 1160 g/mol. The molecule has 2 aromatic heterocycles. The Morgan fingerprint density at radius 2 is 1.22 bits per heavy atom. The number of piperidine rings is 2. The van der Waals surface area contributed by atoms with Crippen LogP contribution in [0, 0.1) is 83.5 Å². The number of hydrogen-bond donors (Lipinski definition) is 7. The van der Waals surface area contributed by atoms with Gasteiger partial charge in [-0.1, -0.05) is 79.3 Å². The number of aryl methyl sites for hydroxylation is 3. The topological polar surface area (TPSA) is 254 Å². The summed E-state index contributed by atoms with van der Waals surface area (Å²) < 4.78 is 83.5. The van der Waals surface area contributed by atoms with Gasteiger partial charge in [-0.3, -0.25) is 38.9 Å². The van der Waals surface area contributed by atoms with E-state index in [4.69, 9.17) is 0 Å². The Labute approximate surface area is 475 Å². The van der Waals surface area contributed by atoms with Gasteiger partial charge >= 0.3 is 24.2 Å². The second kappa shape index (κ2) is 21.7. The summed E-state index contributed by atoms with van der Waals surface area (Å²) in [6.07, 6.45) is -13.0. The first-order valence-electron chi connectivity index (χ1n) is 27.5. The van der Waals surface area contributed by atoms with Crippen molar-refractivity contribution in [3.05, 3.63) is 95.8 Å². The van der Waals surface area contributed by atoms with Gasteiger partial charge in [0.05, 0.1) is 17.5 Å². The number of aromatic amines is 2. The number of nitrogens with zero attached hydrogens (tertiary/aromatic N) is 4. The highest BCUT2D eigenvalue weighted by atomic mass is 19.4. The van der Waals surface area contributed by atoms with Crippen LogP contribution in [0.3, 0.4) is 0 Å². The summed E-state index contributed by atoms with van der Waals surface area (Å²) in [5.41, 5.74) is -0.893. The lowest BCUT2D eigenvalue weighted by molar-refractivity contribution is -0.176. The number of alkyl halides is 6. The number of hydrogen-bond acceptors (Lipinski definition) is 10. The van der Waals surface area contributed by atoms with Crippen molar-refractivity contribution in [2.24, 2.45) is 45.3 Å². The molecular weight excluding hydrogens is 1090 g/mol. The number of nitriles is 1. The molecule has 8 rings (SSSR count). The number of fused-ring (bicyclic) bond motifs is 4. The molecule has 0 spiro atoms. The quantitative estimate of drug-likeness (QED) is 0.0554. The lowest BCUT2D eigenvalue weighted by Gasteiger charge is -2.39. The molecule has 4 fully saturated rings. The summed E-state index contributed by atoms with van der Waals surface area (Å²) in [7, 11) is 0. The van der Waals surface area contributed by atoms with E-state index in [0.29, 0.717) is 21.8 Å². The van der Waals surface area contributed by atoms with E-state index < -0.39 is 136 Å². The van der Waals surface area contributed by atoms with Crippen LogP contribution in [-0.4, -0.2) is 129 Å². The first-order chi connectivity index (χ1) is 38.3. The molecule has 4 heterocycles. The van der Waals surface area contributed by atoms with Crippen LogP contribution in [0.15, 0.2) is 52.1 Å². The lowest BCUT2D eigenvalue weighted by Crippen LogP contribution is -2.62. The van der Waals surface area contributed by atoms with Gasteiger partial charge in [-0.05, 0) is 118 Å². The summed E-state index contributed by atoms with van der Waals surface area (Å²) in [6, 6.07) is 8.45. The number of pyridine rings is 2. The summed E-state index contributed by atoms with van der Waals surface area (Å²) in [5.74, 6) is -9.04. The van der Waals surface area contributed by atoms with Gasteiger partial charge in [0.1, 0.15) is 30.4 Å². The largest absolute Gasteiger partial charge is 0.471 e. The Morgan fingerprint density at radius 1 is 0.711 bits per heavy atom. The zero-order valence-corrected chi connectivity index (χ0v) is 48.3. The zero-order chi connectivity index (χ0) is 61.6. The molecule has 2 saturated carbocycles. The highest BCUT2D eigenvalue weighted by Gasteiger charge is 2.71. The molecule has 83 heavy (non-hydrogen) atoms. The van der Waals surface area contributed by atoms with Crippen LogP contribution < -0.4 is 32.4 Å². The Kier molecular flexibility index (Phi) is 16.2. The molecule has 4 aliphatic rings. The number of halogens is 6. The number of H-pyrrole nitrogens is 2. The summed E-state index contributed by atoms with van der Waals surface area (Å²) in [4.78, 5) is 109. The predicted molar refractivity (Wildman–Crippen MR) is 295 cm³/mol. The normalized spacial score (nSPS) is 23.3. The van der Waals surface area contributed by atoms with E-state index in [2.05, 4.69) is 37.6 Å². The molecule has 0 radical (unpaired) electrons. The summed E-state index contributed by atoms with van der Waals surface area (Å²) >= 11 is 0. The molecule has 446 valence electrons. The number of carbonyl (C=O) groups excluding carboxylic acids is 5. The Morgan fingerprint density at radius 3 is 1.80 bits per heavy atom. The molecule has 7 N–H and O–H groups in total. The summed E-state index contributed by atoms with van der Waals surface area (Å²) in [6.45, 7) is 19.6. The van der Waals surface area contributed by atoms with E-state index in [0.717, 1.165) is 21.6 Å². The van der Waals surface area contributed by atoms with Crippen LogP contribution in [0.1, 0.15) is 90.1 Å². The van der Waals surface area contributed by atoms with Crippen LogP contribution in [0.25, 0.3) is 26.7 Å². The van der Waals surface area contributed by atoms with Crippen molar-refractivity contribution >= 4 is 51.3 Å². The minimum atomic E-state index is -5.47. The third-order valence-corrected chi connectivity index (χ3v) is 17.9. The first-order valence-corrected chi connectivity index (χ1v) is 27.5. The minimum Gasteiger partial charge on any atom is -0.376 e. The van der Waals surface area contributed by atoms with Crippen LogP contribution >= 0.6 is 0 Å². The van der Waals surface area contributed by atoms with Gasteiger partial charge in [-0.25, -0.2) is 0 Å².